The van der Waals surface area contributed by atoms with Gasteiger partial charge in [-0.3, -0.25) is 0 Å². The summed E-state index contributed by atoms with van der Waals surface area (Å²) in [5.41, 5.74) is 0.530. The minimum absolute atomic E-state index is 0.530. The molecular formula is C17H34N2O. The third kappa shape index (κ3) is 4.71. The van der Waals surface area contributed by atoms with E-state index in [2.05, 4.69) is 31.1 Å². The van der Waals surface area contributed by atoms with E-state index in [9.17, 15) is 0 Å². The standard InChI is InChI=1S/C17H34N2O/c1-15(2)12-18-13-17(8-4-5-9-17)14-19(3)16-6-10-20-11-7-16/h15-16,18H,4-14H2,1-3H3. The Hall–Kier alpha value is -0.120. The fourth-order valence-corrected chi connectivity index (χ4v) is 3.93. The van der Waals surface area contributed by atoms with Crippen LogP contribution >= 0.6 is 0 Å². The van der Waals surface area contributed by atoms with Crippen LogP contribution in [0.3, 0.4) is 0 Å². The smallest absolute Gasteiger partial charge is 0.0480 e. The first kappa shape index (κ1) is 16.3. The van der Waals surface area contributed by atoms with Crippen LogP contribution in [0.5, 0.6) is 0 Å². The van der Waals surface area contributed by atoms with Crippen molar-refractivity contribution in [3.63, 3.8) is 0 Å². The van der Waals surface area contributed by atoms with Crippen molar-refractivity contribution in [2.24, 2.45) is 11.3 Å². The second kappa shape index (κ2) is 7.77. The van der Waals surface area contributed by atoms with Crippen molar-refractivity contribution in [3.05, 3.63) is 0 Å². The third-order valence-corrected chi connectivity index (χ3v) is 5.12. The van der Waals surface area contributed by atoms with Gasteiger partial charge >= 0.3 is 0 Å². The number of ether oxygens (including phenoxy) is 1. The van der Waals surface area contributed by atoms with E-state index in [1.807, 2.05) is 0 Å². The molecule has 0 radical (unpaired) electrons. The number of hydrogen-bond acceptors (Lipinski definition) is 3. The van der Waals surface area contributed by atoms with Gasteiger partial charge in [-0.2, -0.15) is 0 Å². The molecule has 3 heteroatoms. The Morgan fingerprint density at radius 2 is 1.85 bits per heavy atom. The fourth-order valence-electron chi connectivity index (χ4n) is 3.93. The zero-order valence-corrected chi connectivity index (χ0v) is 13.8. The second-order valence-corrected chi connectivity index (χ2v) is 7.49. The van der Waals surface area contributed by atoms with Crippen molar-refractivity contribution in [2.75, 3.05) is 39.9 Å². The van der Waals surface area contributed by atoms with Crippen LogP contribution in [0, 0.1) is 11.3 Å². The molecule has 0 aromatic heterocycles. The molecule has 0 bridgehead atoms. The van der Waals surface area contributed by atoms with E-state index < -0.39 is 0 Å². The summed E-state index contributed by atoms with van der Waals surface area (Å²) >= 11 is 0. The predicted molar refractivity (Wildman–Crippen MR) is 85.1 cm³/mol. The molecule has 0 atom stereocenters. The molecule has 1 aliphatic carbocycles. The maximum absolute atomic E-state index is 5.50. The number of hydrogen-bond donors (Lipinski definition) is 1. The van der Waals surface area contributed by atoms with Gasteiger partial charge in [0.2, 0.25) is 0 Å². The maximum Gasteiger partial charge on any atom is 0.0480 e. The van der Waals surface area contributed by atoms with Crippen molar-refractivity contribution in [1.29, 1.82) is 0 Å². The Bertz CT molecular complexity index is 268. The molecule has 2 rings (SSSR count). The summed E-state index contributed by atoms with van der Waals surface area (Å²) in [6.07, 6.45) is 8.09. The largest absolute Gasteiger partial charge is 0.381 e. The van der Waals surface area contributed by atoms with Gasteiger partial charge in [-0.1, -0.05) is 26.7 Å². The molecule has 1 heterocycles. The van der Waals surface area contributed by atoms with Gasteiger partial charge in [-0.25, -0.2) is 0 Å². The zero-order valence-electron chi connectivity index (χ0n) is 13.8. The molecule has 0 aromatic rings. The molecule has 0 aromatic carbocycles. The number of rotatable bonds is 7. The van der Waals surface area contributed by atoms with Crippen molar-refractivity contribution in [2.45, 2.75) is 58.4 Å². The van der Waals surface area contributed by atoms with E-state index in [4.69, 9.17) is 4.74 Å². The second-order valence-electron chi connectivity index (χ2n) is 7.49. The van der Waals surface area contributed by atoms with Crippen LogP contribution in [0.25, 0.3) is 0 Å². The number of nitrogens with zero attached hydrogens (tertiary/aromatic N) is 1. The summed E-state index contributed by atoms with van der Waals surface area (Å²) in [7, 11) is 2.33. The molecule has 2 fully saturated rings. The lowest BCUT2D eigenvalue weighted by Crippen LogP contribution is -2.46. The van der Waals surface area contributed by atoms with E-state index in [1.54, 1.807) is 0 Å². The highest BCUT2D eigenvalue weighted by atomic mass is 16.5. The summed E-state index contributed by atoms with van der Waals surface area (Å²) in [5, 5.41) is 3.72. The van der Waals surface area contributed by atoms with Crippen LogP contribution in [-0.4, -0.2) is 50.8 Å². The van der Waals surface area contributed by atoms with Gasteiger partial charge in [0.15, 0.2) is 0 Å². The lowest BCUT2D eigenvalue weighted by Gasteiger charge is -2.39. The van der Waals surface area contributed by atoms with Crippen LogP contribution in [0.15, 0.2) is 0 Å². The summed E-state index contributed by atoms with van der Waals surface area (Å²) in [5.74, 6) is 0.752. The van der Waals surface area contributed by atoms with Crippen molar-refractivity contribution >= 4 is 0 Å². The molecule has 0 unspecified atom stereocenters. The lowest BCUT2D eigenvalue weighted by molar-refractivity contribution is 0.0275. The predicted octanol–water partition coefficient (Wildman–Crippen LogP) is 2.90. The summed E-state index contributed by atoms with van der Waals surface area (Å²) in [6.45, 7) is 10.1. The molecule has 1 saturated carbocycles. The molecule has 0 spiro atoms. The van der Waals surface area contributed by atoms with Crippen LogP contribution in [0.2, 0.25) is 0 Å². The van der Waals surface area contributed by atoms with Crippen molar-refractivity contribution < 1.29 is 4.74 Å². The quantitative estimate of drug-likeness (QED) is 0.777. The molecule has 1 aliphatic heterocycles. The van der Waals surface area contributed by atoms with Crippen LogP contribution in [0.1, 0.15) is 52.4 Å². The van der Waals surface area contributed by atoms with Gasteiger partial charge in [0.1, 0.15) is 0 Å². The van der Waals surface area contributed by atoms with Crippen molar-refractivity contribution in [3.8, 4) is 0 Å². The number of nitrogens with one attached hydrogen (secondary N) is 1. The van der Waals surface area contributed by atoms with Crippen molar-refractivity contribution in [1.82, 2.24) is 10.2 Å². The summed E-state index contributed by atoms with van der Waals surface area (Å²) < 4.78 is 5.50. The average molecular weight is 282 g/mol. The van der Waals surface area contributed by atoms with Gasteiger partial charge < -0.3 is 15.0 Å². The highest BCUT2D eigenvalue weighted by Crippen LogP contribution is 2.38. The fraction of sp³-hybridized carbons (Fsp3) is 1.00. The molecule has 118 valence electrons. The first-order valence-electron chi connectivity index (χ1n) is 8.60. The van der Waals surface area contributed by atoms with E-state index in [-0.39, 0.29) is 0 Å². The van der Waals surface area contributed by atoms with Gasteiger partial charge in [0.05, 0.1) is 0 Å². The molecular weight excluding hydrogens is 248 g/mol. The Morgan fingerprint density at radius 1 is 1.20 bits per heavy atom. The molecule has 0 amide bonds. The normalized spacial score (nSPS) is 23.9. The van der Waals surface area contributed by atoms with E-state index in [0.717, 1.165) is 31.7 Å². The topological polar surface area (TPSA) is 24.5 Å². The van der Waals surface area contributed by atoms with E-state index >= 15 is 0 Å². The van der Waals surface area contributed by atoms with Crippen LogP contribution < -0.4 is 5.32 Å². The lowest BCUT2D eigenvalue weighted by atomic mass is 9.84. The van der Waals surface area contributed by atoms with Gasteiger partial charge in [0, 0.05) is 32.3 Å². The van der Waals surface area contributed by atoms with E-state index in [1.165, 1.54) is 51.6 Å². The van der Waals surface area contributed by atoms with Gasteiger partial charge in [-0.15, -0.1) is 0 Å². The molecule has 1 saturated heterocycles. The third-order valence-electron chi connectivity index (χ3n) is 5.12. The minimum Gasteiger partial charge on any atom is -0.381 e. The summed E-state index contributed by atoms with van der Waals surface area (Å²) in [4.78, 5) is 2.63. The highest BCUT2D eigenvalue weighted by molar-refractivity contribution is 4.90. The minimum atomic E-state index is 0.530. The molecule has 20 heavy (non-hydrogen) atoms. The highest BCUT2D eigenvalue weighted by Gasteiger charge is 2.36. The average Bonchev–Trinajstić information content (AvgIpc) is 2.88. The van der Waals surface area contributed by atoms with Gasteiger partial charge in [0.25, 0.3) is 0 Å². The van der Waals surface area contributed by atoms with Crippen LogP contribution in [-0.2, 0) is 4.74 Å². The van der Waals surface area contributed by atoms with E-state index in [0.29, 0.717) is 5.41 Å². The first-order chi connectivity index (χ1) is 9.61. The monoisotopic (exact) mass is 282 g/mol. The molecule has 3 nitrogen and oxygen atoms in total. The SMILES string of the molecule is CC(C)CNCC1(CN(C)C2CCOCC2)CCCC1. The van der Waals surface area contributed by atoms with Gasteiger partial charge in [-0.05, 0) is 50.6 Å². The van der Waals surface area contributed by atoms with Crippen LogP contribution in [0.4, 0.5) is 0 Å². The summed E-state index contributed by atoms with van der Waals surface area (Å²) in [6, 6.07) is 0.742. The maximum atomic E-state index is 5.50. The Kier molecular flexibility index (Phi) is 6.31. The Morgan fingerprint density at radius 3 is 2.45 bits per heavy atom. The Labute approximate surface area is 125 Å². The Balaban J connectivity index is 1.83. The molecule has 1 N–H and O–H groups in total. The molecule has 2 aliphatic rings. The zero-order chi connectivity index (χ0) is 14.4. The first-order valence-corrected chi connectivity index (χ1v) is 8.60.